The van der Waals surface area contributed by atoms with Gasteiger partial charge in [0.2, 0.25) is 0 Å². The number of nitrogens with zero attached hydrogens (tertiary/aromatic N) is 2. The van der Waals surface area contributed by atoms with E-state index in [2.05, 4.69) is 0 Å². The lowest BCUT2D eigenvalue weighted by Gasteiger charge is -2.37. The third kappa shape index (κ3) is 3.89. The van der Waals surface area contributed by atoms with Gasteiger partial charge in [0, 0.05) is 20.1 Å². The highest BCUT2D eigenvalue weighted by atomic mass is 16.4. The third-order valence-corrected chi connectivity index (χ3v) is 2.61. The Labute approximate surface area is 102 Å². The zero-order chi connectivity index (χ0) is 13.8. The van der Waals surface area contributed by atoms with Gasteiger partial charge in [0.05, 0.1) is 6.10 Å². The van der Waals surface area contributed by atoms with E-state index in [1.54, 1.807) is 13.8 Å². The molecule has 1 unspecified atom stereocenters. The summed E-state index contributed by atoms with van der Waals surface area (Å²) in [5.41, 5.74) is -1.27. The van der Waals surface area contributed by atoms with Crippen LogP contribution in [0.3, 0.4) is 0 Å². The largest absolute Gasteiger partial charge is 0.480 e. The van der Waals surface area contributed by atoms with Crippen molar-refractivity contribution < 1.29 is 19.8 Å². The third-order valence-electron chi connectivity index (χ3n) is 2.61. The second-order valence-corrected chi connectivity index (χ2v) is 4.62. The molecule has 0 aliphatic heterocycles. The van der Waals surface area contributed by atoms with Crippen molar-refractivity contribution in [2.45, 2.75) is 39.3 Å². The number of carbonyl (C=O) groups excluding carboxylic acids is 1. The van der Waals surface area contributed by atoms with Gasteiger partial charge in [-0.05, 0) is 27.7 Å². The minimum absolute atomic E-state index is 0.172. The van der Waals surface area contributed by atoms with E-state index < -0.39 is 23.6 Å². The molecule has 0 radical (unpaired) electrons. The van der Waals surface area contributed by atoms with E-state index in [1.165, 1.54) is 30.7 Å². The Bertz CT molecular complexity index is 289. The van der Waals surface area contributed by atoms with Gasteiger partial charge in [0.1, 0.15) is 5.54 Å². The van der Waals surface area contributed by atoms with Gasteiger partial charge in [-0.15, -0.1) is 0 Å². The Morgan fingerprint density at radius 3 is 2.12 bits per heavy atom. The van der Waals surface area contributed by atoms with Crippen molar-refractivity contribution >= 4 is 12.0 Å². The van der Waals surface area contributed by atoms with Gasteiger partial charge in [-0.3, -0.25) is 0 Å². The van der Waals surface area contributed by atoms with Crippen LogP contribution in [-0.2, 0) is 4.79 Å². The molecule has 6 nitrogen and oxygen atoms in total. The van der Waals surface area contributed by atoms with E-state index in [9.17, 15) is 14.7 Å². The molecule has 0 fully saturated rings. The number of aliphatic carboxylic acids is 1. The molecule has 17 heavy (non-hydrogen) atoms. The predicted octanol–water partition coefficient (Wildman–Crippen LogP) is 0.604. The standard InChI is InChI=1S/C11H22N2O4/c1-6-13(11(3,4)9(15)16)10(17)12(5)7-8(2)14/h8,14H,6-7H2,1-5H3,(H,15,16). The maximum absolute atomic E-state index is 12.0. The number of amides is 2. The number of carboxylic acids is 1. The van der Waals surface area contributed by atoms with Crippen LogP contribution in [0.4, 0.5) is 4.79 Å². The predicted molar refractivity (Wildman–Crippen MR) is 63.8 cm³/mol. The van der Waals surface area contributed by atoms with Gasteiger partial charge < -0.3 is 20.0 Å². The summed E-state index contributed by atoms with van der Waals surface area (Å²) >= 11 is 0. The summed E-state index contributed by atoms with van der Waals surface area (Å²) in [7, 11) is 1.54. The van der Waals surface area contributed by atoms with Gasteiger partial charge in [-0.2, -0.15) is 0 Å². The molecule has 0 heterocycles. The van der Waals surface area contributed by atoms with Crippen LogP contribution in [-0.4, -0.2) is 63.8 Å². The van der Waals surface area contributed by atoms with E-state index >= 15 is 0 Å². The van der Waals surface area contributed by atoms with Crippen LogP contribution in [0.1, 0.15) is 27.7 Å². The Balaban J connectivity index is 4.89. The van der Waals surface area contributed by atoms with Gasteiger partial charge in [-0.25, -0.2) is 9.59 Å². The lowest BCUT2D eigenvalue weighted by molar-refractivity contribution is -0.147. The van der Waals surface area contributed by atoms with Crippen LogP contribution < -0.4 is 0 Å². The van der Waals surface area contributed by atoms with E-state index in [0.29, 0.717) is 6.54 Å². The molecule has 100 valence electrons. The van der Waals surface area contributed by atoms with Crippen LogP contribution in [0.15, 0.2) is 0 Å². The minimum atomic E-state index is -1.27. The number of carbonyl (C=O) groups is 2. The lowest BCUT2D eigenvalue weighted by atomic mass is 10.0. The van der Waals surface area contributed by atoms with Crippen molar-refractivity contribution in [2.75, 3.05) is 20.1 Å². The maximum atomic E-state index is 12.0. The van der Waals surface area contributed by atoms with E-state index in [4.69, 9.17) is 5.11 Å². The fraction of sp³-hybridized carbons (Fsp3) is 0.818. The number of aliphatic hydroxyl groups excluding tert-OH is 1. The van der Waals surface area contributed by atoms with Crippen LogP contribution in [0, 0.1) is 0 Å². The Morgan fingerprint density at radius 2 is 1.82 bits per heavy atom. The van der Waals surface area contributed by atoms with Crippen molar-refractivity contribution in [3.8, 4) is 0 Å². The highest BCUT2D eigenvalue weighted by Crippen LogP contribution is 2.16. The Hall–Kier alpha value is -1.30. The molecular formula is C11H22N2O4. The summed E-state index contributed by atoms with van der Waals surface area (Å²) in [6, 6.07) is -0.402. The van der Waals surface area contributed by atoms with E-state index in [1.807, 2.05) is 0 Å². The maximum Gasteiger partial charge on any atom is 0.329 e. The first-order valence-corrected chi connectivity index (χ1v) is 5.58. The second kappa shape index (κ2) is 5.86. The first kappa shape index (κ1) is 15.7. The quantitative estimate of drug-likeness (QED) is 0.744. The molecule has 0 saturated carbocycles. The van der Waals surface area contributed by atoms with E-state index in [-0.39, 0.29) is 6.54 Å². The molecule has 6 heteroatoms. The average Bonchev–Trinajstić information content (AvgIpc) is 2.16. The van der Waals surface area contributed by atoms with Crippen LogP contribution >= 0.6 is 0 Å². The van der Waals surface area contributed by atoms with Crippen LogP contribution in [0.25, 0.3) is 0 Å². The molecule has 0 saturated heterocycles. The SMILES string of the molecule is CCN(C(=O)N(C)CC(C)O)C(C)(C)C(=O)O. The summed E-state index contributed by atoms with van der Waals surface area (Å²) < 4.78 is 0. The molecule has 0 spiro atoms. The normalized spacial score (nSPS) is 13.1. The molecule has 0 aliphatic carbocycles. The van der Waals surface area contributed by atoms with Crippen molar-refractivity contribution in [1.82, 2.24) is 9.80 Å². The number of hydrogen-bond acceptors (Lipinski definition) is 3. The first-order valence-electron chi connectivity index (χ1n) is 5.58. The Kier molecular flexibility index (Phi) is 5.41. The summed E-state index contributed by atoms with van der Waals surface area (Å²) in [5, 5.41) is 18.3. The Morgan fingerprint density at radius 1 is 1.35 bits per heavy atom. The number of carboxylic acid groups (broad SMARTS) is 1. The van der Waals surface area contributed by atoms with E-state index in [0.717, 1.165) is 0 Å². The summed E-state index contributed by atoms with van der Waals surface area (Å²) in [5.74, 6) is -1.06. The fourth-order valence-corrected chi connectivity index (χ4v) is 1.57. The first-order chi connectivity index (χ1) is 7.64. The topological polar surface area (TPSA) is 81.1 Å². The minimum Gasteiger partial charge on any atom is -0.480 e. The fourth-order valence-electron chi connectivity index (χ4n) is 1.57. The van der Waals surface area contributed by atoms with Crippen molar-refractivity contribution in [3.05, 3.63) is 0 Å². The highest BCUT2D eigenvalue weighted by molar-refractivity contribution is 5.85. The van der Waals surface area contributed by atoms with Crippen molar-refractivity contribution in [1.29, 1.82) is 0 Å². The number of rotatable bonds is 5. The molecule has 0 bridgehead atoms. The highest BCUT2D eigenvalue weighted by Gasteiger charge is 2.38. The van der Waals surface area contributed by atoms with Gasteiger partial charge in [0.15, 0.2) is 0 Å². The average molecular weight is 246 g/mol. The molecule has 0 aliphatic rings. The molecule has 0 rings (SSSR count). The van der Waals surface area contributed by atoms with Gasteiger partial charge in [0.25, 0.3) is 0 Å². The zero-order valence-corrected chi connectivity index (χ0v) is 11.1. The van der Waals surface area contributed by atoms with Crippen LogP contribution in [0.5, 0.6) is 0 Å². The zero-order valence-electron chi connectivity index (χ0n) is 11.1. The molecule has 1 atom stereocenters. The molecule has 2 N–H and O–H groups in total. The second-order valence-electron chi connectivity index (χ2n) is 4.62. The number of aliphatic hydroxyl groups is 1. The number of urea groups is 1. The molecule has 0 aromatic carbocycles. The molecule has 2 amide bonds. The van der Waals surface area contributed by atoms with Gasteiger partial charge >= 0.3 is 12.0 Å². The van der Waals surface area contributed by atoms with Crippen molar-refractivity contribution in [3.63, 3.8) is 0 Å². The van der Waals surface area contributed by atoms with Crippen molar-refractivity contribution in [2.24, 2.45) is 0 Å². The summed E-state index contributed by atoms with van der Waals surface area (Å²) in [6.07, 6.45) is -0.643. The summed E-state index contributed by atoms with van der Waals surface area (Å²) in [4.78, 5) is 25.7. The monoisotopic (exact) mass is 246 g/mol. The molecular weight excluding hydrogens is 224 g/mol. The molecule has 0 aromatic rings. The number of likely N-dealkylation sites (N-methyl/N-ethyl adjacent to an activating group) is 2. The number of hydrogen-bond donors (Lipinski definition) is 2. The molecule has 0 aromatic heterocycles. The summed E-state index contributed by atoms with van der Waals surface area (Å²) in [6.45, 7) is 6.72. The van der Waals surface area contributed by atoms with Gasteiger partial charge in [-0.1, -0.05) is 0 Å². The van der Waals surface area contributed by atoms with Crippen LogP contribution in [0.2, 0.25) is 0 Å². The smallest absolute Gasteiger partial charge is 0.329 e. The lowest BCUT2D eigenvalue weighted by Crippen LogP contribution is -2.56.